The minimum atomic E-state index is -0.278. The number of nitrogens with zero attached hydrogens (tertiary/aromatic N) is 1. The number of carbonyl (C=O) groups excluding carboxylic acids is 3. The fraction of sp³-hybridized carbons (Fsp3) is 0.348. The van der Waals surface area contributed by atoms with E-state index >= 15 is 0 Å². The third kappa shape index (κ3) is 5.67. The van der Waals surface area contributed by atoms with Crippen LogP contribution in [0.4, 0.5) is 11.4 Å². The average molecular weight is 409 g/mol. The molecule has 1 aliphatic heterocycles. The van der Waals surface area contributed by atoms with Gasteiger partial charge >= 0.3 is 0 Å². The third-order valence-corrected chi connectivity index (χ3v) is 5.07. The summed E-state index contributed by atoms with van der Waals surface area (Å²) in [6, 6.07) is 14.4. The number of benzene rings is 2. The zero-order valence-corrected chi connectivity index (χ0v) is 17.3. The van der Waals surface area contributed by atoms with Crippen molar-refractivity contribution in [3.8, 4) is 0 Å². The molecule has 2 N–H and O–H groups in total. The van der Waals surface area contributed by atoms with E-state index in [1.54, 1.807) is 29.2 Å². The normalized spacial score (nSPS) is 16.1. The lowest BCUT2D eigenvalue weighted by atomic mass is 9.96. The van der Waals surface area contributed by atoms with Crippen LogP contribution in [0.3, 0.4) is 0 Å². The maximum absolute atomic E-state index is 12.8. The molecule has 0 bridgehead atoms. The van der Waals surface area contributed by atoms with Crippen molar-refractivity contribution in [1.29, 1.82) is 0 Å². The molecule has 0 spiro atoms. The van der Waals surface area contributed by atoms with Crippen molar-refractivity contribution in [2.45, 2.75) is 19.8 Å². The number of carbonyl (C=O) groups is 3. The number of aryl methyl sites for hydroxylation is 1. The van der Waals surface area contributed by atoms with Crippen LogP contribution in [0.2, 0.25) is 0 Å². The van der Waals surface area contributed by atoms with E-state index in [2.05, 4.69) is 10.6 Å². The third-order valence-electron chi connectivity index (χ3n) is 5.07. The highest BCUT2D eigenvalue weighted by atomic mass is 16.5. The van der Waals surface area contributed by atoms with Gasteiger partial charge in [-0.15, -0.1) is 0 Å². The first-order chi connectivity index (χ1) is 14.5. The summed E-state index contributed by atoms with van der Waals surface area (Å²) in [6.45, 7) is 2.98. The smallest absolute Gasteiger partial charge is 0.253 e. The molecule has 158 valence electrons. The highest BCUT2D eigenvalue weighted by molar-refractivity contribution is 5.97. The van der Waals surface area contributed by atoms with Crippen molar-refractivity contribution >= 4 is 29.1 Å². The second-order valence-electron chi connectivity index (χ2n) is 7.51. The van der Waals surface area contributed by atoms with Crippen LogP contribution in [0.1, 0.15) is 28.8 Å². The Bertz CT molecular complexity index is 911. The molecule has 1 heterocycles. The van der Waals surface area contributed by atoms with E-state index in [9.17, 15) is 14.4 Å². The number of piperidine rings is 1. The number of methoxy groups -OCH3 is 1. The summed E-state index contributed by atoms with van der Waals surface area (Å²) >= 11 is 0. The van der Waals surface area contributed by atoms with Crippen molar-refractivity contribution in [2.75, 3.05) is 37.4 Å². The number of rotatable bonds is 6. The maximum Gasteiger partial charge on any atom is 0.253 e. The molecule has 7 heteroatoms. The fourth-order valence-electron chi connectivity index (χ4n) is 3.50. The van der Waals surface area contributed by atoms with E-state index < -0.39 is 0 Å². The van der Waals surface area contributed by atoms with E-state index in [1.165, 1.54) is 7.11 Å². The Morgan fingerprint density at radius 2 is 1.77 bits per heavy atom. The van der Waals surface area contributed by atoms with Crippen molar-refractivity contribution in [2.24, 2.45) is 5.92 Å². The van der Waals surface area contributed by atoms with Gasteiger partial charge in [-0.05, 0) is 50.1 Å². The highest BCUT2D eigenvalue weighted by Crippen LogP contribution is 2.22. The van der Waals surface area contributed by atoms with Crippen molar-refractivity contribution in [3.05, 3.63) is 59.7 Å². The van der Waals surface area contributed by atoms with E-state index in [4.69, 9.17) is 4.74 Å². The zero-order valence-electron chi connectivity index (χ0n) is 17.3. The molecule has 0 saturated carbocycles. The van der Waals surface area contributed by atoms with Gasteiger partial charge in [-0.3, -0.25) is 14.4 Å². The predicted molar refractivity (Wildman–Crippen MR) is 115 cm³/mol. The first-order valence-electron chi connectivity index (χ1n) is 10.0. The SMILES string of the molecule is COCC(=O)Nc1cccc(NC(=O)C2CCCN(C(=O)c3ccc(C)cc3)C2)c1. The lowest BCUT2D eigenvalue weighted by Gasteiger charge is -2.32. The van der Waals surface area contributed by atoms with E-state index in [1.807, 2.05) is 31.2 Å². The molecule has 2 aromatic rings. The number of amides is 3. The van der Waals surface area contributed by atoms with Gasteiger partial charge in [0.05, 0.1) is 5.92 Å². The number of hydrogen-bond donors (Lipinski definition) is 2. The molecule has 30 heavy (non-hydrogen) atoms. The van der Waals surface area contributed by atoms with E-state index in [0.717, 1.165) is 18.4 Å². The number of nitrogens with one attached hydrogen (secondary N) is 2. The zero-order chi connectivity index (χ0) is 21.5. The summed E-state index contributed by atoms with van der Waals surface area (Å²) < 4.78 is 4.80. The minimum absolute atomic E-state index is 0.0382. The summed E-state index contributed by atoms with van der Waals surface area (Å²) in [7, 11) is 1.45. The van der Waals surface area contributed by atoms with Crippen molar-refractivity contribution in [1.82, 2.24) is 4.90 Å². The number of anilines is 2. The molecule has 0 aliphatic carbocycles. The van der Waals surface area contributed by atoms with Crippen molar-refractivity contribution < 1.29 is 19.1 Å². The molecule has 3 rings (SSSR count). The molecule has 0 radical (unpaired) electrons. The monoisotopic (exact) mass is 409 g/mol. The van der Waals surface area contributed by atoms with Gasteiger partial charge in [0.15, 0.2) is 0 Å². The van der Waals surface area contributed by atoms with Gasteiger partial charge in [0.1, 0.15) is 6.61 Å². The Morgan fingerprint density at radius 1 is 1.07 bits per heavy atom. The second kappa shape index (κ2) is 10.0. The van der Waals surface area contributed by atoms with Gasteiger partial charge in [0.25, 0.3) is 5.91 Å². The lowest BCUT2D eigenvalue weighted by molar-refractivity contribution is -0.121. The molecule has 1 aliphatic rings. The molecule has 1 saturated heterocycles. The van der Waals surface area contributed by atoms with Gasteiger partial charge in [-0.25, -0.2) is 0 Å². The van der Waals surface area contributed by atoms with Crippen LogP contribution >= 0.6 is 0 Å². The van der Waals surface area contributed by atoms with Gasteiger partial charge in [0.2, 0.25) is 11.8 Å². The largest absolute Gasteiger partial charge is 0.375 e. The van der Waals surface area contributed by atoms with Crippen molar-refractivity contribution in [3.63, 3.8) is 0 Å². The fourth-order valence-corrected chi connectivity index (χ4v) is 3.50. The predicted octanol–water partition coefficient (Wildman–Crippen LogP) is 3.07. The molecule has 7 nitrogen and oxygen atoms in total. The van der Waals surface area contributed by atoms with Crippen LogP contribution in [-0.2, 0) is 14.3 Å². The van der Waals surface area contributed by atoms with Gasteiger partial charge < -0.3 is 20.3 Å². The van der Waals surface area contributed by atoms with Gasteiger partial charge in [-0.2, -0.15) is 0 Å². The summed E-state index contributed by atoms with van der Waals surface area (Å²) in [5.41, 5.74) is 2.91. The summed E-state index contributed by atoms with van der Waals surface area (Å²) in [5.74, 6) is -0.717. The van der Waals surface area contributed by atoms with Gasteiger partial charge in [0, 0.05) is 37.1 Å². The molecule has 1 unspecified atom stereocenters. The highest BCUT2D eigenvalue weighted by Gasteiger charge is 2.29. The van der Waals surface area contributed by atoms with Crippen LogP contribution in [0.5, 0.6) is 0 Å². The molecule has 1 fully saturated rings. The summed E-state index contributed by atoms with van der Waals surface area (Å²) in [4.78, 5) is 39.0. The Kier molecular flexibility index (Phi) is 7.19. The first kappa shape index (κ1) is 21.5. The molecule has 0 aromatic heterocycles. The Hall–Kier alpha value is -3.19. The summed E-state index contributed by atoms with van der Waals surface area (Å²) in [6.07, 6.45) is 1.51. The molecule has 3 amide bonds. The number of ether oxygens (including phenoxy) is 1. The Balaban J connectivity index is 1.61. The summed E-state index contributed by atoms with van der Waals surface area (Å²) in [5, 5.41) is 5.62. The van der Waals surface area contributed by atoms with Crippen LogP contribution in [0.25, 0.3) is 0 Å². The van der Waals surface area contributed by atoms with Crippen LogP contribution < -0.4 is 10.6 Å². The van der Waals surface area contributed by atoms with Crippen LogP contribution in [0, 0.1) is 12.8 Å². The quantitative estimate of drug-likeness (QED) is 0.768. The minimum Gasteiger partial charge on any atom is -0.375 e. The number of likely N-dealkylation sites (tertiary alicyclic amines) is 1. The van der Waals surface area contributed by atoms with E-state index in [0.29, 0.717) is 30.0 Å². The van der Waals surface area contributed by atoms with Crippen LogP contribution in [-0.4, -0.2) is 49.4 Å². The van der Waals surface area contributed by atoms with Gasteiger partial charge in [-0.1, -0.05) is 23.8 Å². The Labute approximate surface area is 176 Å². The lowest BCUT2D eigenvalue weighted by Crippen LogP contribution is -2.43. The topological polar surface area (TPSA) is 87.7 Å². The van der Waals surface area contributed by atoms with E-state index in [-0.39, 0.29) is 30.2 Å². The molecular formula is C23H27N3O4. The standard InChI is InChI=1S/C23H27N3O4/c1-16-8-10-17(11-9-16)23(29)26-12-4-5-18(14-26)22(28)25-20-7-3-6-19(13-20)24-21(27)15-30-2/h3,6-11,13,18H,4-5,12,14-15H2,1-2H3,(H,24,27)(H,25,28). The number of hydrogen-bond acceptors (Lipinski definition) is 4. The molecule has 2 aromatic carbocycles. The second-order valence-corrected chi connectivity index (χ2v) is 7.51. The molecular weight excluding hydrogens is 382 g/mol. The maximum atomic E-state index is 12.8. The average Bonchev–Trinajstić information content (AvgIpc) is 2.74. The first-order valence-corrected chi connectivity index (χ1v) is 10.0. The van der Waals surface area contributed by atoms with Crippen LogP contribution in [0.15, 0.2) is 48.5 Å². The molecule has 1 atom stereocenters. The Morgan fingerprint density at radius 3 is 2.47 bits per heavy atom.